The first-order valence-electron chi connectivity index (χ1n) is 11.2. The Kier molecular flexibility index (Phi) is 5.72. The van der Waals surface area contributed by atoms with Crippen LogP contribution >= 0.6 is 11.8 Å². The summed E-state index contributed by atoms with van der Waals surface area (Å²) in [7, 11) is 0. The number of benzene rings is 2. The second kappa shape index (κ2) is 8.66. The zero-order chi connectivity index (χ0) is 22.1. The molecule has 0 bridgehead atoms. The Morgan fingerprint density at radius 1 is 1.16 bits per heavy atom. The number of hydrogen-bond acceptors (Lipinski definition) is 4. The quantitative estimate of drug-likeness (QED) is 0.586. The highest BCUT2D eigenvalue weighted by molar-refractivity contribution is 8.00. The van der Waals surface area contributed by atoms with E-state index in [1.165, 1.54) is 11.3 Å². The number of amides is 1. The molecule has 166 valence electrons. The fourth-order valence-electron chi connectivity index (χ4n) is 4.52. The summed E-state index contributed by atoms with van der Waals surface area (Å²) in [6.45, 7) is 5.27. The molecule has 0 saturated carbocycles. The van der Waals surface area contributed by atoms with Gasteiger partial charge in [-0.15, -0.1) is 0 Å². The molecular weight excluding hydrogens is 418 g/mol. The third-order valence-corrected chi connectivity index (χ3v) is 7.48. The fraction of sp³-hybridized carbons (Fsp3) is 0.385. The molecule has 0 radical (unpaired) electrons. The number of rotatable bonds is 6. The van der Waals surface area contributed by atoms with Crippen molar-refractivity contribution in [2.45, 2.75) is 45.4 Å². The van der Waals surface area contributed by atoms with Crippen molar-refractivity contribution >= 4 is 17.7 Å². The number of thioether (sulfide) groups is 1. The number of carbonyl (C=O) groups is 1. The Morgan fingerprint density at radius 3 is 2.59 bits per heavy atom. The molecular formula is C26H29N3O2S. The summed E-state index contributed by atoms with van der Waals surface area (Å²) in [6.07, 6.45) is 4.08. The van der Waals surface area contributed by atoms with Crippen molar-refractivity contribution in [1.82, 2.24) is 15.1 Å². The molecule has 2 heterocycles. The molecule has 1 saturated heterocycles. The average molecular weight is 448 g/mol. The van der Waals surface area contributed by atoms with Crippen molar-refractivity contribution in [2.24, 2.45) is 5.41 Å². The topological polar surface area (TPSA) is 56.2 Å². The number of hydrogen-bond donors (Lipinski definition) is 1. The van der Waals surface area contributed by atoms with Crippen LogP contribution in [0.1, 0.15) is 53.5 Å². The molecule has 1 aliphatic heterocycles. The molecule has 1 N–H and O–H groups in total. The molecule has 1 fully saturated rings. The average Bonchev–Trinajstić information content (AvgIpc) is 3.13. The monoisotopic (exact) mass is 447 g/mol. The summed E-state index contributed by atoms with van der Waals surface area (Å²) in [5.74, 6) is 2.86. The van der Waals surface area contributed by atoms with Gasteiger partial charge in [0.05, 0.1) is 18.8 Å². The molecule has 6 heteroatoms. The van der Waals surface area contributed by atoms with Crippen LogP contribution in [0.3, 0.4) is 0 Å². The summed E-state index contributed by atoms with van der Waals surface area (Å²) >= 11 is 1.89. The Hall–Kier alpha value is -2.73. The maximum Gasteiger partial charge on any atom is 0.251 e. The van der Waals surface area contributed by atoms with E-state index in [0.717, 1.165) is 42.2 Å². The Balaban J connectivity index is 1.32. The van der Waals surface area contributed by atoms with E-state index in [2.05, 4.69) is 53.2 Å². The van der Waals surface area contributed by atoms with Gasteiger partial charge in [-0.05, 0) is 48.1 Å². The number of nitrogens with zero attached hydrogens (tertiary/aromatic N) is 2. The molecule has 3 aromatic rings. The number of fused-ring (bicyclic) bond motifs is 1. The molecule has 5 rings (SSSR count). The van der Waals surface area contributed by atoms with Gasteiger partial charge in [-0.1, -0.05) is 44.2 Å². The lowest BCUT2D eigenvalue weighted by Crippen LogP contribution is -2.37. The lowest BCUT2D eigenvalue weighted by atomic mass is 9.74. The first kappa shape index (κ1) is 21.1. The van der Waals surface area contributed by atoms with Gasteiger partial charge < -0.3 is 10.1 Å². The standard InChI is InChI=1S/C26H29N3O2S/c1-26(2)12-23(22-14-27-29(24(22)13-26)15-18-6-4-3-5-7-18)28-25(30)19-8-10-20(11-9-19)31-21-16-32-17-21/h3-11,14,21,23H,12-13,15-17H2,1-2H3,(H,28,30). The van der Waals surface area contributed by atoms with Crippen molar-refractivity contribution < 1.29 is 9.53 Å². The minimum atomic E-state index is -0.0554. The van der Waals surface area contributed by atoms with Gasteiger partial charge in [0.2, 0.25) is 0 Å². The fourth-order valence-corrected chi connectivity index (χ4v) is 5.08. The lowest BCUT2D eigenvalue weighted by Gasteiger charge is -2.36. The predicted octanol–water partition coefficient (Wildman–Crippen LogP) is 4.87. The van der Waals surface area contributed by atoms with Gasteiger partial charge in [-0.25, -0.2) is 0 Å². The molecule has 1 amide bonds. The molecule has 32 heavy (non-hydrogen) atoms. The predicted molar refractivity (Wildman–Crippen MR) is 128 cm³/mol. The van der Waals surface area contributed by atoms with Crippen LogP contribution in [0.2, 0.25) is 0 Å². The van der Waals surface area contributed by atoms with Crippen molar-refractivity contribution in [3.63, 3.8) is 0 Å². The maximum atomic E-state index is 13.0. The molecule has 2 aromatic carbocycles. The molecule has 1 aromatic heterocycles. The second-order valence-electron chi connectivity index (χ2n) is 9.56. The first-order valence-corrected chi connectivity index (χ1v) is 12.4. The summed E-state index contributed by atoms with van der Waals surface area (Å²) in [5, 5.41) is 7.96. The van der Waals surface area contributed by atoms with Crippen LogP contribution in [-0.4, -0.2) is 33.3 Å². The highest BCUT2D eigenvalue weighted by atomic mass is 32.2. The van der Waals surface area contributed by atoms with Crippen molar-refractivity contribution in [3.8, 4) is 5.75 Å². The Labute approximate surface area is 193 Å². The van der Waals surface area contributed by atoms with E-state index in [0.29, 0.717) is 11.7 Å². The van der Waals surface area contributed by atoms with Crippen LogP contribution in [0, 0.1) is 5.41 Å². The van der Waals surface area contributed by atoms with Crippen LogP contribution in [0.25, 0.3) is 0 Å². The number of ether oxygens (including phenoxy) is 1. The van der Waals surface area contributed by atoms with Crippen LogP contribution < -0.4 is 10.1 Å². The van der Waals surface area contributed by atoms with Crippen LogP contribution in [0.15, 0.2) is 60.8 Å². The number of nitrogens with one attached hydrogen (secondary N) is 1. The summed E-state index contributed by atoms with van der Waals surface area (Å²) < 4.78 is 7.99. The van der Waals surface area contributed by atoms with Gasteiger partial charge in [0.25, 0.3) is 5.91 Å². The summed E-state index contributed by atoms with van der Waals surface area (Å²) in [5.41, 5.74) is 4.32. The molecule has 5 nitrogen and oxygen atoms in total. The second-order valence-corrected chi connectivity index (χ2v) is 10.6. The molecule has 1 unspecified atom stereocenters. The number of carbonyl (C=O) groups excluding carboxylic acids is 1. The largest absolute Gasteiger partial charge is 0.489 e. The van der Waals surface area contributed by atoms with Crippen LogP contribution in [-0.2, 0) is 13.0 Å². The minimum absolute atomic E-state index is 0.0475. The van der Waals surface area contributed by atoms with E-state index in [1.807, 2.05) is 48.3 Å². The minimum Gasteiger partial charge on any atom is -0.489 e. The molecule has 2 aliphatic rings. The first-order chi connectivity index (χ1) is 15.5. The van der Waals surface area contributed by atoms with Gasteiger partial charge in [0.1, 0.15) is 11.9 Å². The van der Waals surface area contributed by atoms with Crippen molar-refractivity contribution in [2.75, 3.05) is 11.5 Å². The lowest BCUT2D eigenvalue weighted by molar-refractivity contribution is 0.0919. The zero-order valence-electron chi connectivity index (χ0n) is 18.6. The highest BCUT2D eigenvalue weighted by Gasteiger charge is 2.36. The molecule has 0 spiro atoms. The highest BCUT2D eigenvalue weighted by Crippen LogP contribution is 2.41. The van der Waals surface area contributed by atoms with E-state index in [1.54, 1.807) is 0 Å². The maximum absolute atomic E-state index is 13.0. The number of aromatic nitrogens is 2. The third-order valence-electron chi connectivity index (χ3n) is 6.27. The van der Waals surface area contributed by atoms with Gasteiger partial charge >= 0.3 is 0 Å². The molecule has 1 atom stereocenters. The van der Waals surface area contributed by atoms with E-state index >= 15 is 0 Å². The zero-order valence-corrected chi connectivity index (χ0v) is 19.4. The SMILES string of the molecule is CC1(C)Cc2c(cnn2Cc2ccccc2)C(NC(=O)c2ccc(OC3CSC3)cc2)C1. The van der Waals surface area contributed by atoms with Gasteiger partial charge in [-0.3, -0.25) is 9.48 Å². The third kappa shape index (κ3) is 4.56. The van der Waals surface area contributed by atoms with E-state index in [9.17, 15) is 4.79 Å². The van der Waals surface area contributed by atoms with Crippen molar-refractivity contribution in [3.05, 3.63) is 83.2 Å². The summed E-state index contributed by atoms with van der Waals surface area (Å²) in [4.78, 5) is 13.0. The van der Waals surface area contributed by atoms with Gasteiger partial charge in [0.15, 0.2) is 0 Å². The van der Waals surface area contributed by atoms with Crippen molar-refractivity contribution in [1.29, 1.82) is 0 Å². The Morgan fingerprint density at radius 2 is 1.91 bits per heavy atom. The van der Waals surface area contributed by atoms with E-state index in [4.69, 9.17) is 4.74 Å². The van der Waals surface area contributed by atoms with Gasteiger partial charge in [-0.2, -0.15) is 16.9 Å². The normalized spacial score (nSPS) is 19.6. The van der Waals surface area contributed by atoms with E-state index in [-0.39, 0.29) is 17.4 Å². The Bertz CT molecular complexity index is 1090. The smallest absolute Gasteiger partial charge is 0.251 e. The van der Waals surface area contributed by atoms with Crippen LogP contribution in [0.4, 0.5) is 0 Å². The van der Waals surface area contributed by atoms with Gasteiger partial charge in [0, 0.05) is 28.3 Å². The van der Waals surface area contributed by atoms with E-state index < -0.39 is 0 Å². The van der Waals surface area contributed by atoms with Crippen LogP contribution in [0.5, 0.6) is 5.75 Å². The molecule has 1 aliphatic carbocycles. The summed E-state index contributed by atoms with van der Waals surface area (Å²) in [6, 6.07) is 17.8.